The summed E-state index contributed by atoms with van der Waals surface area (Å²) in [7, 11) is 0. The van der Waals surface area contributed by atoms with E-state index in [0.717, 1.165) is 19.3 Å². The number of carbonyl (C=O) groups is 3. The molecule has 4 fully saturated rings. The van der Waals surface area contributed by atoms with Gasteiger partial charge in [0.25, 0.3) is 0 Å². The molecule has 0 radical (unpaired) electrons. The number of hydrogen-bond donors (Lipinski definition) is 0. The molecule has 0 aliphatic heterocycles. The molecule has 0 N–H and O–H groups in total. The van der Waals surface area contributed by atoms with Crippen molar-refractivity contribution in [2.45, 2.75) is 65.2 Å². The van der Waals surface area contributed by atoms with Crippen LogP contribution in [0.1, 0.15) is 65.2 Å². The lowest BCUT2D eigenvalue weighted by atomic mass is 9.45. The summed E-state index contributed by atoms with van der Waals surface area (Å²) in [5.74, 6) is 2.05. The minimum Gasteiger partial charge on any atom is -0.300 e. The van der Waals surface area contributed by atoms with Crippen molar-refractivity contribution < 1.29 is 14.4 Å². The molecule has 3 heteroatoms. The van der Waals surface area contributed by atoms with Crippen LogP contribution in [0.5, 0.6) is 0 Å². The highest BCUT2D eigenvalue weighted by Gasteiger charge is 2.61. The molecular formula is C19H26O3. The zero-order valence-corrected chi connectivity index (χ0v) is 13.7. The Morgan fingerprint density at radius 3 is 2.45 bits per heavy atom. The van der Waals surface area contributed by atoms with Gasteiger partial charge in [-0.25, -0.2) is 0 Å². The molecule has 3 nitrogen and oxygen atoms in total. The Morgan fingerprint density at radius 1 is 0.909 bits per heavy atom. The van der Waals surface area contributed by atoms with Crippen LogP contribution in [-0.2, 0) is 14.4 Å². The zero-order valence-electron chi connectivity index (χ0n) is 13.7. The van der Waals surface area contributed by atoms with Gasteiger partial charge in [0.15, 0.2) is 0 Å². The van der Waals surface area contributed by atoms with E-state index in [9.17, 15) is 14.4 Å². The Bertz CT molecular complexity index is 565. The fourth-order valence-corrected chi connectivity index (χ4v) is 6.51. The highest BCUT2D eigenvalue weighted by Crippen LogP contribution is 2.64. The summed E-state index contributed by atoms with van der Waals surface area (Å²) in [6.07, 6.45) is 6.24. The van der Waals surface area contributed by atoms with E-state index in [4.69, 9.17) is 0 Å². The lowest BCUT2D eigenvalue weighted by Gasteiger charge is -2.58. The maximum atomic E-state index is 12.9. The molecule has 0 aromatic rings. The Kier molecular flexibility index (Phi) is 3.00. The summed E-state index contributed by atoms with van der Waals surface area (Å²) in [5, 5.41) is 0. The number of hydrogen-bond acceptors (Lipinski definition) is 3. The Morgan fingerprint density at radius 2 is 1.68 bits per heavy atom. The second kappa shape index (κ2) is 4.52. The van der Waals surface area contributed by atoms with Gasteiger partial charge in [-0.05, 0) is 47.8 Å². The number of rotatable bonds is 0. The standard InChI is InChI=1S/C19H26O3/c1-18-5-4-14-17(15(18)9-13(21)10-18)16(22)8-11-7-12(20)3-6-19(11,14)2/h11,14-15,17H,3-10H2,1-2H3/t11-,14-,15-,17+,18-,19-/m1/s1. The molecule has 0 aromatic heterocycles. The summed E-state index contributed by atoms with van der Waals surface area (Å²) in [6, 6.07) is 0. The van der Waals surface area contributed by atoms with Crippen molar-refractivity contribution in [3.05, 3.63) is 0 Å². The van der Waals surface area contributed by atoms with E-state index in [2.05, 4.69) is 13.8 Å². The maximum absolute atomic E-state index is 12.9. The fourth-order valence-electron chi connectivity index (χ4n) is 6.51. The second-order valence-electron chi connectivity index (χ2n) is 8.97. The summed E-state index contributed by atoms with van der Waals surface area (Å²) in [6.45, 7) is 4.55. The van der Waals surface area contributed by atoms with Crippen LogP contribution in [-0.4, -0.2) is 17.3 Å². The Hall–Kier alpha value is -0.990. The lowest BCUT2D eigenvalue weighted by molar-refractivity contribution is -0.156. The van der Waals surface area contributed by atoms with Crippen LogP contribution in [0.25, 0.3) is 0 Å². The minimum atomic E-state index is 0.0571. The molecule has 6 atom stereocenters. The first kappa shape index (κ1) is 14.6. The molecule has 4 rings (SSSR count). The molecule has 0 bridgehead atoms. The van der Waals surface area contributed by atoms with E-state index >= 15 is 0 Å². The predicted molar refractivity (Wildman–Crippen MR) is 82.1 cm³/mol. The Labute approximate surface area is 132 Å². The molecule has 0 unspecified atom stereocenters. The molecular weight excluding hydrogens is 276 g/mol. The lowest BCUT2D eigenvalue weighted by Crippen LogP contribution is -2.56. The predicted octanol–water partition coefficient (Wildman–Crippen LogP) is 3.35. The molecule has 4 saturated carbocycles. The third-order valence-corrected chi connectivity index (χ3v) is 7.85. The first-order valence-corrected chi connectivity index (χ1v) is 8.90. The van der Waals surface area contributed by atoms with E-state index in [1.807, 2.05) is 0 Å². The summed E-state index contributed by atoms with van der Waals surface area (Å²) >= 11 is 0. The molecule has 120 valence electrons. The van der Waals surface area contributed by atoms with Gasteiger partial charge in [-0.15, -0.1) is 0 Å². The first-order chi connectivity index (χ1) is 10.3. The molecule has 0 amide bonds. The number of ketones is 3. The highest BCUT2D eigenvalue weighted by molar-refractivity contribution is 5.88. The highest BCUT2D eigenvalue weighted by atomic mass is 16.1. The second-order valence-corrected chi connectivity index (χ2v) is 8.97. The van der Waals surface area contributed by atoms with Crippen molar-refractivity contribution in [3.8, 4) is 0 Å². The number of carbonyl (C=O) groups excluding carboxylic acids is 3. The van der Waals surface area contributed by atoms with Crippen molar-refractivity contribution in [2.75, 3.05) is 0 Å². The average Bonchev–Trinajstić information content (AvgIpc) is 2.75. The van der Waals surface area contributed by atoms with Gasteiger partial charge < -0.3 is 0 Å². The van der Waals surface area contributed by atoms with E-state index < -0.39 is 0 Å². The van der Waals surface area contributed by atoms with Crippen LogP contribution in [0, 0.1) is 34.5 Å². The molecule has 4 aliphatic rings. The molecule has 0 spiro atoms. The Balaban J connectivity index is 1.71. The van der Waals surface area contributed by atoms with Crippen LogP contribution in [0.2, 0.25) is 0 Å². The number of Topliss-reactive ketones (excluding diaryl/α,β-unsaturated/α-hetero) is 3. The minimum absolute atomic E-state index is 0.0571. The van der Waals surface area contributed by atoms with Gasteiger partial charge in [0.1, 0.15) is 17.3 Å². The third-order valence-electron chi connectivity index (χ3n) is 7.85. The molecule has 22 heavy (non-hydrogen) atoms. The van der Waals surface area contributed by atoms with Crippen LogP contribution in [0.3, 0.4) is 0 Å². The van der Waals surface area contributed by atoms with Gasteiger partial charge in [-0.2, -0.15) is 0 Å². The van der Waals surface area contributed by atoms with Crippen molar-refractivity contribution in [1.29, 1.82) is 0 Å². The average molecular weight is 302 g/mol. The molecule has 4 aliphatic carbocycles. The van der Waals surface area contributed by atoms with Gasteiger partial charge in [0, 0.05) is 38.0 Å². The van der Waals surface area contributed by atoms with E-state index in [0.29, 0.717) is 55.4 Å². The monoisotopic (exact) mass is 302 g/mol. The summed E-state index contributed by atoms with van der Waals surface area (Å²) < 4.78 is 0. The van der Waals surface area contributed by atoms with Crippen LogP contribution >= 0.6 is 0 Å². The van der Waals surface area contributed by atoms with E-state index in [1.165, 1.54) is 0 Å². The topological polar surface area (TPSA) is 51.2 Å². The zero-order chi connectivity index (χ0) is 15.7. The van der Waals surface area contributed by atoms with Crippen molar-refractivity contribution in [1.82, 2.24) is 0 Å². The van der Waals surface area contributed by atoms with Crippen molar-refractivity contribution in [2.24, 2.45) is 34.5 Å². The molecule has 0 aromatic carbocycles. The third kappa shape index (κ3) is 1.83. The van der Waals surface area contributed by atoms with Crippen molar-refractivity contribution in [3.63, 3.8) is 0 Å². The van der Waals surface area contributed by atoms with Gasteiger partial charge in [0.2, 0.25) is 0 Å². The SMILES string of the molecule is C[C@]12CC[C@@H]3[C@H](C(=O)C[C@H]4CC(=O)CC[C@]43C)[C@H]1CC(=O)C2. The maximum Gasteiger partial charge on any atom is 0.136 e. The largest absolute Gasteiger partial charge is 0.300 e. The quantitative estimate of drug-likeness (QED) is 0.689. The van der Waals surface area contributed by atoms with Crippen LogP contribution in [0.4, 0.5) is 0 Å². The van der Waals surface area contributed by atoms with Gasteiger partial charge >= 0.3 is 0 Å². The smallest absolute Gasteiger partial charge is 0.136 e. The summed E-state index contributed by atoms with van der Waals surface area (Å²) in [4.78, 5) is 36.8. The normalized spacial score (nSPS) is 51.3. The molecule has 0 heterocycles. The van der Waals surface area contributed by atoms with Gasteiger partial charge in [-0.1, -0.05) is 13.8 Å². The molecule has 0 saturated heterocycles. The summed E-state index contributed by atoms with van der Waals surface area (Å²) in [5.41, 5.74) is 0.195. The van der Waals surface area contributed by atoms with Crippen LogP contribution < -0.4 is 0 Å². The fraction of sp³-hybridized carbons (Fsp3) is 0.842. The first-order valence-electron chi connectivity index (χ1n) is 8.90. The van der Waals surface area contributed by atoms with Crippen molar-refractivity contribution >= 4 is 17.3 Å². The van der Waals surface area contributed by atoms with E-state index in [1.54, 1.807) is 0 Å². The number of fused-ring (bicyclic) bond motifs is 5. The van der Waals surface area contributed by atoms with E-state index in [-0.39, 0.29) is 28.6 Å². The van der Waals surface area contributed by atoms with Crippen LogP contribution in [0.15, 0.2) is 0 Å². The van der Waals surface area contributed by atoms with Gasteiger partial charge in [0.05, 0.1) is 0 Å². The van der Waals surface area contributed by atoms with Gasteiger partial charge in [-0.3, -0.25) is 14.4 Å².